The molecule has 2 rings (SSSR count). The lowest BCUT2D eigenvalue weighted by Gasteiger charge is -2.10. The first-order valence-electron chi connectivity index (χ1n) is 6.35. The highest BCUT2D eigenvalue weighted by molar-refractivity contribution is 9.10. The molecule has 1 atom stereocenters. The molecule has 0 bridgehead atoms. The number of halogens is 1. The standard InChI is InChI=1S/C16H18BrNOS/c1-11-9-12(2)16(13(3)10-11)18-20(4,19)15-7-5-14(17)6-8-15/h5-10H,1-4H3. The van der Waals surface area contributed by atoms with Gasteiger partial charge < -0.3 is 0 Å². The maximum atomic E-state index is 12.9. The summed E-state index contributed by atoms with van der Waals surface area (Å²) < 4.78 is 18.4. The zero-order valence-electron chi connectivity index (χ0n) is 12.1. The number of rotatable bonds is 2. The van der Waals surface area contributed by atoms with Gasteiger partial charge in [-0.15, -0.1) is 0 Å². The zero-order chi connectivity index (χ0) is 14.9. The minimum Gasteiger partial charge on any atom is -0.245 e. The summed E-state index contributed by atoms with van der Waals surface area (Å²) in [7, 11) is -2.43. The molecule has 0 aromatic heterocycles. The molecule has 106 valence electrons. The lowest BCUT2D eigenvalue weighted by atomic mass is 10.1. The van der Waals surface area contributed by atoms with Crippen molar-refractivity contribution in [1.82, 2.24) is 0 Å². The second-order valence-electron chi connectivity index (χ2n) is 5.10. The predicted octanol–water partition coefficient (Wildman–Crippen LogP) is 5.16. The number of aryl methyl sites for hydroxylation is 3. The van der Waals surface area contributed by atoms with Gasteiger partial charge in [-0.3, -0.25) is 0 Å². The molecule has 2 nitrogen and oxygen atoms in total. The van der Waals surface area contributed by atoms with Crippen LogP contribution in [0, 0.1) is 20.8 Å². The maximum absolute atomic E-state index is 12.9. The van der Waals surface area contributed by atoms with Gasteiger partial charge in [0.05, 0.1) is 15.4 Å². The van der Waals surface area contributed by atoms with Gasteiger partial charge in [0.15, 0.2) is 0 Å². The third kappa shape index (κ3) is 3.30. The van der Waals surface area contributed by atoms with Crippen LogP contribution in [-0.2, 0) is 9.73 Å². The third-order valence-electron chi connectivity index (χ3n) is 3.15. The van der Waals surface area contributed by atoms with E-state index in [0.717, 1.165) is 26.2 Å². The van der Waals surface area contributed by atoms with E-state index in [2.05, 4.69) is 39.3 Å². The average Bonchev–Trinajstić information content (AvgIpc) is 2.34. The molecule has 4 heteroatoms. The topological polar surface area (TPSA) is 29.4 Å². The highest BCUT2D eigenvalue weighted by Crippen LogP contribution is 2.28. The van der Waals surface area contributed by atoms with Crippen molar-refractivity contribution < 1.29 is 4.21 Å². The van der Waals surface area contributed by atoms with Gasteiger partial charge in [-0.05, 0) is 56.2 Å². The molecule has 0 spiro atoms. The Hall–Kier alpha value is -1.13. The molecule has 20 heavy (non-hydrogen) atoms. The van der Waals surface area contributed by atoms with Gasteiger partial charge in [-0.2, -0.15) is 4.36 Å². The summed E-state index contributed by atoms with van der Waals surface area (Å²) in [5.41, 5.74) is 4.17. The second kappa shape index (κ2) is 5.70. The van der Waals surface area contributed by atoms with E-state index in [1.807, 2.05) is 38.1 Å². The van der Waals surface area contributed by atoms with Crippen molar-refractivity contribution in [3.63, 3.8) is 0 Å². The Bertz CT molecular complexity index is 734. The lowest BCUT2D eigenvalue weighted by molar-refractivity contribution is 0.680. The molecule has 2 aromatic rings. The summed E-state index contributed by atoms with van der Waals surface area (Å²) >= 11 is 3.39. The van der Waals surface area contributed by atoms with Crippen LogP contribution in [0.5, 0.6) is 0 Å². The van der Waals surface area contributed by atoms with E-state index in [9.17, 15) is 4.21 Å². The van der Waals surface area contributed by atoms with E-state index < -0.39 is 9.73 Å². The van der Waals surface area contributed by atoms with Gasteiger partial charge in [0.2, 0.25) is 0 Å². The van der Waals surface area contributed by atoms with Crippen LogP contribution in [0.15, 0.2) is 50.1 Å². The molecule has 0 aliphatic heterocycles. The van der Waals surface area contributed by atoms with Gasteiger partial charge in [-0.1, -0.05) is 33.6 Å². The Morgan fingerprint density at radius 1 is 1.00 bits per heavy atom. The van der Waals surface area contributed by atoms with Gasteiger partial charge in [0, 0.05) is 15.6 Å². The third-order valence-corrected chi connectivity index (χ3v) is 5.36. The van der Waals surface area contributed by atoms with Crippen molar-refractivity contribution in [2.45, 2.75) is 25.7 Å². The molecule has 0 heterocycles. The SMILES string of the molecule is Cc1cc(C)c(N=S(C)(=O)c2ccc(Br)cc2)c(C)c1. The first-order valence-corrected chi connectivity index (χ1v) is 9.07. The smallest absolute Gasteiger partial charge is 0.0792 e. The number of benzene rings is 2. The second-order valence-corrected chi connectivity index (χ2v) is 8.27. The van der Waals surface area contributed by atoms with Crippen LogP contribution in [0.25, 0.3) is 0 Å². The van der Waals surface area contributed by atoms with E-state index in [1.165, 1.54) is 5.56 Å². The zero-order valence-corrected chi connectivity index (χ0v) is 14.5. The molecular weight excluding hydrogens is 334 g/mol. The summed E-state index contributed by atoms with van der Waals surface area (Å²) in [5, 5.41) is 0. The summed E-state index contributed by atoms with van der Waals surface area (Å²) in [5.74, 6) is 0. The molecule has 2 aromatic carbocycles. The lowest BCUT2D eigenvalue weighted by Crippen LogP contribution is -1.97. The summed E-state index contributed by atoms with van der Waals surface area (Å²) in [6.07, 6.45) is 1.69. The molecule has 0 amide bonds. The van der Waals surface area contributed by atoms with Crippen LogP contribution in [0.2, 0.25) is 0 Å². The van der Waals surface area contributed by atoms with Gasteiger partial charge in [0.25, 0.3) is 0 Å². The van der Waals surface area contributed by atoms with Crippen molar-refractivity contribution >= 4 is 31.3 Å². The summed E-state index contributed by atoms with van der Waals surface area (Å²) in [6.45, 7) is 6.08. The molecule has 0 aliphatic carbocycles. The largest absolute Gasteiger partial charge is 0.245 e. The van der Waals surface area contributed by atoms with Crippen molar-refractivity contribution in [3.8, 4) is 0 Å². The van der Waals surface area contributed by atoms with Crippen LogP contribution < -0.4 is 0 Å². The fraction of sp³-hybridized carbons (Fsp3) is 0.250. The monoisotopic (exact) mass is 351 g/mol. The summed E-state index contributed by atoms with van der Waals surface area (Å²) in [6, 6.07) is 11.6. The molecular formula is C16H18BrNOS. The molecule has 0 saturated heterocycles. The molecule has 0 radical (unpaired) electrons. The fourth-order valence-electron chi connectivity index (χ4n) is 2.23. The van der Waals surface area contributed by atoms with Gasteiger partial charge in [0.1, 0.15) is 0 Å². The molecule has 1 unspecified atom stereocenters. The quantitative estimate of drug-likeness (QED) is 0.734. The molecule has 0 saturated carbocycles. The minimum atomic E-state index is -2.43. The Kier molecular flexibility index (Phi) is 4.35. The Balaban J connectivity index is 2.60. The van der Waals surface area contributed by atoms with E-state index in [4.69, 9.17) is 0 Å². The first-order chi connectivity index (χ1) is 9.29. The molecule has 0 fully saturated rings. The molecule has 0 N–H and O–H groups in total. The van der Waals surface area contributed by atoms with E-state index >= 15 is 0 Å². The average molecular weight is 352 g/mol. The van der Waals surface area contributed by atoms with E-state index in [1.54, 1.807) is 6.26 Å². The summed E-state index contributed by atoms with van der Waals surface area (Å²) in [4.78, 5) is 0.750. The van der Waals surface area contributed by atoms with Crippen molar-refractivity contribution in [1.29, 1.82) is 0 Å². The Morgan fingerprint density at radius 3 is 2.00 bits per heavy atom. The Morgan fingerprint density at radius 2 is 1.50 bits per heavy atom. The van der Waals surface area contributed by atoms with E-state index in [0.29, 0.717) is 0 Å². The van der Waals surface area contributed by atoms with Crippen LogP contribution >= 0.6 is 15.9 Å². The number of hydrogen-bond donors (Lipinski definition) is 0. The van der Waals surface area contributed by atoms with Crippen LogP contribution in [0.1, 0.15) is 16.7 Å². The Labute approximate surface area is 129 Å². The fourth-order valence-corrected chi connectivity index (χ4v) is 3.88. The highest BCUT2D eigenvalue weighted by Gasteiger charge is 2.09. The van der Waals surface area contributed by atoms with Crippen molar-refractivity contribution in [2.24, 2.45) is 4.36 Å². The molecule has 0 aliphatic rings. The van der Waals surface area contributed by atoms with Crippen LogP contribution in [0.4, 0.5) is 5.69 Å². The normalized spacial score (nSPS) is 13.8. The maximum Gasteiger partial charge on any atom is 0.0792 e. The van der Waals surface area contributed by atoms with Crippen molar-refractivity contribution in [2.75, 3.05) is 6.26 Å². The highest BCUT2D eigenvalue weighted by atomic mass is 79.9. The van der Waals surface area contributed by atoms with Crippen LogP contribution in [-0.4, -0.2) is 10.5 Å². The predicted molar refractivity (Wildman–Crippen MR) is 89.2 cm³/mol. The number of nitrogens with zero attached hydrogens (tertiary/aromatic N) is 1. The van der Waals surface area contributed by atoms with Crippen LogP contribution in [0.3, 0.4) is 0 Å². The van der Waals surface area contributed by atoms with Gasteiger partial charge in [-0.25, -0.2) is 4.21 Å². The van der Waals surface area contributed by atoms with Gasteiger partial charge >= 0.3 is 0 Å². The minimum absolute atomic E-state index is 0.750. The van der Waals surface area contributed by atoms with Crippen molar-refractivity contribution in [3.05, 3.63) is 57.6 Å². The first kappa shape index (κ1) is 15.3. The van der Waals surface area contributed by atoms with E-state index in [-0.39, 0.29) is 0 Å². The number of hydrogen-bond acceptors (Lipinski definition) is 2.